The average Bonchev–Trinajstić information content (AvgIpc) is 2.47. The van der Waals surface area contributed by atoms with Crippen LogP contribution in [0.4, 0.5) is 4.79 Å². The molecule has 0 aromatic rings. The highest BCUT2D eigenvalue weighted by Crippen LogP contribution is 2.22. The van der Waals surface area contributed by atoms with Crippen LogP contribution in [0.2, 0.25) is 0 Å². The molecule has 2 unspecified atom stereocenters. The summed E-state index contributed by atoms with van der Waals surface area (Å²) < 4.78 is 0. The van der Waals surface area contributed by atoms with E-state index in [1.807, 2.05) is 0 Å². The van der Waals surface area contributed by atoms with Crippen LogP contribution in [-0.4, -0.2) is 25.7 Å². The van der Waals surface area contributed by atoms with Crippen molar-refractivity contribution in [1.29, 1.82) is 0 Å². The number of rotatable bonds is 2. The van der Waals surface area contributed by atoms with Crippen LogP contribution >= 0.6 is 0 Å². The van der Waals surface area contributed by atoms with Gasteiger partial charge in [-0.1, -0.05) is 0 Å². The standard InChI is InChI=1S/C8H17N3O/c1-10-8(12)11-5-6-2-3-7(9)4-6/h6-7H,2-5,9H2,1H3,(H2,10,11,12). The third-order valence-corrected chi connectivity index (χ3v) is 2.36. The monoisotopic (exact) mass is 171 g/mol. The molecule has 0 aliphatic heterocycles. The van der Waals surface area contributed by atoms with Crippen molar-refractivity contribution in [2.75, 3.05) is 13.6 Å². The minimum absolute atomic E-state index is 0.101. The van der Waals surface area contributed by atoms with Gasteiger partial charge in [0.1, 0.15) is 0 Å². The molecule has 1 rings (SSSR count). The second-order valence-corrected chi connectivity index (χ2v) is 3.40. The second-order valence-electron chi connectivity index (χ2n) is 3.40. The van der Waals surface area contributed by atoms with Crippen LogP contribution in [0.1, 0.15) is 19.3 Å². The van der Waals surface area contributed by atoms with Gasteiger partial charge in [-0.2, -0.15) is 0 Å². The first-order valence-corrected chi connectivity index (χ1v) is 4.43. The largest absolute Gasteiger partial charge is 0.341 e. The van der Waals surface area contributed by atoms with Crippen molar-refractivity contribution in [2.24, 2.45) is 11.7 Å². The summed E-state index contributed by atoms with van der Waals surface area (Å²) in [5.74, 6) is 0.581. The number of carbonyl (C=O) groups excluding carboxylic acids is 1. The Labute approximate surface area is 72.9 Å². The summed E-state index contributed by atoms with van der Waals surface area (Å²) in [6.45, 7) is 0.757. The lowest BCUT2D eigenvalue weighted by atomic mass is 10.1. The van der Waals surface area contributed by atoms with Gasteiger partial charge in [-0.15, -0.1) is 0 Å². The van der Waals surface area contributed by atoms with Gasteiger partial charge in [0.15, 0.2) is 0 Å². The van der Waals surface area contributed by atoms with Gasteiger partial charge >= 0.3 is 6.03 Å². The van der Waals surface area contributed by atoms with Crippen molar-refractivity contribution in [3.8, 4) is 0 Å². The summed E-state index contributed by atoms with van der Waals surface area (Å²) in [5.41, 5.74) is 5.74. The van der Waals surface area contributed by atoms with Gasteiger partial charge in [0.05, 0.1) is 0 Å². The molecule has 70 valence electrons. The van der Waals surface area contributed by atoms with Crippen LogP contribution in [0.15, 0.2) is 0 Å². The SMILES string of the molecule is CNC(=O)NCC1CCC(N)C1. The molecule has 0 aromatic carbocycles. The normalized spacial score (nSPS) is 28.5. The minimum Gasteiger partial charge on any atom is -0.341 e. The summed E-state index contributed by atoms with van der Waals surface area (Å²) in [7, 11) is 1.62. The van der Waals surface area contributed by atoms with E-state index in [1.54, 1.807) is 7.05 Å². The van der Waals surface area contributed by atoms with E-state index in [0.717, 1.165) is 25.8 Å². The van der Waals surface area contributed by atoms with Crippen LogP contribution in [0, 0.1) is 5.92 Å². The van der Waals surface area contributed by atoms with Crippen molar-refractivity contribution in [3.63, 3.8) is 0 Å². The molecule has 4 heteroatoms. The van der Waals surface area contributed by atoms with Crippen LogP contribution in [0.25, 0.3) is 0 Å². The Morgan fingerprint density at radius 2 is 2.33 bits per heavy atom. The zero-order valence-corrected chi connectivity index (χ0v) is 7.47. The molecule has 0 spiro atoms. The van der Waals surface area contributed by atoms with Crippen LogP contribution in [0.5, 0.6) is 0 Å². The lowest BCUT2D eigenvalue weighted by Crippen LogP contribution is -2.35. The maximum atomic E-state index is 10.8. The molecule has 0 bridgehead atoms. The molecule has 12 heavy (non-hydrogen) atoms. The number of nitrogens with two attached hydrogens (primary N) is 1. The molecule has 4 nitrogen and oxygen atoms in total. The smallest absolute Gasteiger partial charge is 0.314 e. The molecule has 1 aliphatic carbocycles. The lowest BCUT2D eigenvalue weighted by Gasteiger charge is -2.10. The summed E-state index contributed by atoms with van der Waals surface area (Å²) in [6.07, 6.45) is 3.29. The fourth-order valence-electron chi connectivity index (χ4n) is 1.62. The molecule has 1 saturated carbocycles. The van der Waals surface area contributed by atoms with Gasteiger partial charge in [-0.25, -0.2) is 4.79 Å². The van der Waals surface area contributed by atoms with E-state index < -0.39 is 0 Å². The molecule has 0 saturated heterocycles. The zero-order chi connectivity index (χ0) is 8.97. The Bertz CT molecular complexity index is 160. The number of amides is 2. The fourth-order valence-corrected chi connectivity index (χ4v) is 1.62. The number of hydrogen-bond donors (Lipinski definition) is 3. The van der Waals surface area contributed by atoms with Gasteiger partial charge in [0, 0.05) is 19.6 Å². The molecule has 4 N–H and O–H groups in total. The third-order valence-electron chi connectivity index (χ3n) is 2.36. The molecule has 1 aliphatic rings. The Kier molecular flexibility index (Phi) is 3.34. The predicted octanol–water partition coefficient (Wildman–Crippen LogP) is 0.0428. The first-order chi connectivity index (χ1) is 5.72. The average molecular weight is 171 g/mol. The Morgan fingerprint density at radius 3 is 2.83 bits per heavy atom. The Hall–Kier alpha value is -0.770. The summed E-state index contributed by atoms with van der Waals surface area (Å²) >= 11 is 0. The van der Waals surface area contributed by atoms with E-state index in [2.05, 4.69) is 10.6 Å². The van der Waals surface area contributed by atoms with E-state index in [-0.39, 0.29) is 6.03 Å². The highest BCUT2D eigenvalue weighted by Gasteiger charge is 2.21. The van der Waals surface area contributed by atoms with Crippen LogP contribution in [-0.2, 0) is 0 Å². The van der Waals surface area contributed by atoms with E-state index >= 15 is 0 Å². The maximum absolute atomic E-state index is 10.8. The van der Waals surface area contributed by atoms with Gasteiger partial charge in [0.2, 0.25) is 0 Å². The van der Waals surface area contributed by atoms with Crippen LogP contribution < -0.4 is 16.4 Å². The van der Waals surface area contributed by atoms with Gasteiger partial charge in [-0.05, 0) is 25.2 Å². The molecule has 2 amide bonds. The van der Waals surface area contributed by atoms with Crippen molar-refractivity contribution < 1.29 is 4.79 Å². The van der Waals surface area contributed by atoms with E-state index in [9.17, 15) is 4.79 Å². The molecule has 0 heterocycles. The van der Waals surface area contributed by atoms with Gasteiger partial charge < -0.3 is 16.4 Å². The maximum Gasteiger partial charge on any atom is 0.314 e. The lowest BCUT2D eigenvalue weighted by molar-refractivity contribution is 0.241. The van der Waals surface area contributed by atoms with Crippen molar-refractivity contribution >= 4 is 6.03 Å². The van der Waals surface area contributed by atoms with Gasteiger partial charge in [-0.3, -0.25) is 0 Å². The third kappa shape index (κ3) is 2.70. The van der Waals surface area contributed by atoms with Gasteiger partial charge in [0.25, 0.3) is 0 Å². The number of carbonyl (C=O) groups is 1. The molecule has 0 radical (unpaired) electrons. The van der Waals surface area contributed by atoms with Crippen molar-refractivity contribution in [1.82, 2.24) is 10.6 Å². The second kappa shape index (κ2) is 4.30. The molecule has 1 fully saturated rings. The Morgan fingerprint density at radius 1 is 1.58 bits per heavy atom. The van der Waals surface area contributed by atoms with Crippen LogP contribution in [0.3, 0.4) is 0 Å². The molecular weight excluding hydrogens is 154 g/mol. The van der Waals surface area contributed by atoms with Crippen molar-refractivity contribution in [2.45, 2.75) is 25.3 Å². The summed E-state index contributed by atoms with van der Waals surface area (Å²) in [5, 5.41) is 5.31. The number of hydrogen-bond acceptors (Lipinski definition) is 2. The zero-order valence-electron chi connectivity index (χ0n) is 7.47. The van der Waals surface area contributed by atoms with E-state index in [0.29, 0.717) is 12.0 Å². The molecule has 2 atom stereocenters. The Balaban J connectivity index is 2.11. The first kappa shape index (κ1) is 9.32. The first-order valence-electron chi connectivity index (χ1n) is 4.43. The van der Waals surface area contributed by atoms with E-state index in [4.69, 9.17) is 5.73 Å². The summed E-state index contributed by atoms with van der Waals surface area (Å²) in [4.78, 5) is 10.8. The highest BCUT2D eigenvalue weighted by atomic mass is 16.2. The number of nitrogens with one attached hydrogen (secondary N) is 2. The highest BCUT2D eigenvalue weighted by molar-refractivity contribution is 5.73. The predicted molar refractivity (Wildman–Crippen MR) is 47.8 cm³/mol. The fraction of sp³-hybridized carbons (Fsp3) is 0.875. The van der Waals surface area contributed by atoms with Crippen molar-refractivity contribution in [3.05, 3.63) is 0 Å². The molecular formula is C8H17N3O. The quantitative estimate of drug-likeness (QED) is 0.549. The number of urea groups is 1. The van der Waals surface area contributed by atoms with E-state index in [1.165, 1.54) is 0 Å². The topological polar surface area (TPSA) is 67.2 Å². The molecule has 0 aromatic heterocycles. The summed E-state index contributed by atoms with van der Waals surface area (Å²) in [6, 6.07) is 0.247. The minimum atomic E-state index is -0.101.